The van der Waals surface area contributed by atoms with Crippen LogP contribution < -0.4 is 10.6 Å². The molecule has 3 rings (SSSR count). The average molecular weight is 351 g/mol. The van der Waals surface area contributed by atoms with Crippen LogP contribution in [0.15, 0.2) is 34.7 Å². The fourth-order valence-electron chi connectivity index (χ4n) is 3.43. The number of rotatable bonds is 6. The van der Waals surface area contributed by atoms with E-state index in [1.54, 1.807) is 0 Å². The van der Waals surface area contributed by atoms with Gasteiger partial charge in [0.05, 0.1) is 0 Å². The Morgan fingerprint density at radius 1 is 1.33 bits per heavy atom. The fraction of sp³-hybridized carbons (Fsp3) is 0.526. The van der Waals surface area contributed by atoms with Gasteiger partial charge in [-0.15, -0.1) is 12.4 Å². The molecule has 0 bridgehead atoms. The summed E-state index contributed by atoms with van der Waals surface area (Å²) in [5.41, 5.74) is 0.911. The first-order chi connectivity index (χ1) is 11.2. The minimum atomic E-state index is 0. The molecule has 1 aliphatic heterocycles. The number of hydrogen-bond acceptors (Lipinski definition) is 3. The number of para-hydroxylation sites is 1. The summed E-state index contributed by atoms with van der Waals surface area (Å²) in [5, 5.41) is 7.53. The zero-order chi connectivity index (χ0) is 16.1. The van der Waals surface area contributed by atoms with Crippen LogP contribution in [0.4, 0.5) is 0 Å². The van der Waals surface area contributed by atoms with Crippen LogP contribution in [-0.2, 0) is 11.2 Å². The van der Waals surface area contributed by atoms with E-state index in [1.165, 1.54) is 12.8 Å². The summed E-state index contributed by atoms with van der Waals surface area (Å²) in [4.78, 5) is 12.1. The molecule has 1 aromatic heterocycles. The summed E-state index contributed by atoms with van der Waals surface area (Å²) in [6.07, 6.45) is 3.74. The number of fused-ring (bicyclic) bond motifs is 1. The highest BCUT2D eigenvalue weighted by atomic mass is 35.5. The maximum Gasteiger partial charge on any atom is 0.220 e. The molecule has 1 amide bonds. The van der Waals surface area contributed by atoms with Crippen molar-refractivity contribution < 1.29 is 9.21 Å². The number of carbonyl (C=O) groups excluding carboxylic acids is 1. The molecule has 132 valence electrons. The van der Waals surface area contributed by atoms with Crippen molar-refractivity contribution in [2.24, 2.45) is 11.8 Å². The molecule has 2 N–H and O–H groups in total. The van der Waals surface area contributed by atoms with Gasteiger partial charge in [-0.05, 0) is 49.9 Å². The molecule has 5 heteroatoms. The van der Waals surface area contributed by atoms with Gasteiger partial charge in [0.1, 0.15) is 11.3 Å². The number of amides is 1. The van der Waals surface area contributed by atoms with Gasteiger partial charge >= 0.3 is 0 Å². The lowest BCUT2D eigenvalue weighted by Crippen LogP contribution is -2.34. The molecule has 1 saturated heterocycles. The Morgan fingerprint density at radius 3 is 2.83 bits per heavy atom. The van der Waals surface area contributed by atoms with Gasteiger partial charge in [0.25, 0.3) is 0 Å². The molecular formula is C19H27ClN2O2. The summed E-state index contributed by atoms with van der Waals surface area (Å²) >= 11 is 0. The second-order valence-corrected chi connectivity index (χ2v) is 6.62. The van der Waals surface area contributed by atoms with E-state index >= 15 is 0 Å². The molecule has 24 heavy (non-hydrogen) atoms. The van der Waals surface area contributed by atoms with Gasteiger partial charge in [-0.25, -0.2) is 0 Å². The van der Waals surface area contributed by atoms with Gasteiger partial charge in [-0.2, -0.15) is 0 Å². The van der Waals surface area contributed by atoms with E-state index in [9.17, 15) is 4.79 Å². The number of piperidine rings is 1. The second kappa shape index (κ2) is 9.09. The Morgan fingerprint density at radius 2 is 2.08 bits per heavy atom. The van der Waals surface area contributed by atoms with E-state index < -0.39 is 0 Å². The van der Waals surface area contributed by atoms with E-state index in [4.69, 9.17) is 4.42 Å². The highest BCUT2D eigenvalue weighted by Crippen LogP contribution is 2.24. The molecule has 0 saturated carbocycles. The first kappa shape index (κ1) is 18.8. The molecule has 0 aliphatic carbocycles. The van der Waals surface area contributed by atoms with Crippen LogP contribution in [0, 0.1) is 11.8 Å². The zero-order valence-electron chi connectivity index (χ0n) is 14.2. The highest BCUT2D eigenvalue weighted by molar-refractivity contribution is 5.85. The lowest BCUT2D eigenvalue weighted by atomic mass is 9.84. The van der Waals surface area contributed by atoms with E-state index in [1.807, 2.05) is 24.3 Å². The molecule has 1 atom stereocenters. The fourth-order valence-corrected chi connectivity index (χ4v) is 3.43. The number of furan rings is 1. The van der Waals surface area contributed by atoms with Gasteiger partial charge < -0.3 is 15.1 Å². The molecular weight excluding hydrogens is 324 g/mol. The summed E-state index contributed by atoms with van der Waals surface area (Å²) in [7, 11) is 0. The first-order valence-corrected chi connectivity index (χ1v) is 8.67. The molecule has 1 aliphatic rings. The second-order valence-electron chi connectivity index (χ2n) is 6.62. The third kappa shape index (κ3) is 4.99. The van der Waals surface area contributed by atoms with Crippen molar-refractivity contribution in [3.05, 3.63) is 36.1 Å². The van der Waals surface area contributed by atoms with Gasteiger partial charge in [-0.3, -0.25) is 4.79 Å². The Bertz CT molecular complexity index is 617. The topological polar surface area (TPSA) is 54.3 Å². The van der Waals surface area contributed by atoms with Crippen LogP contribution in [-0.4, -0.2) is 25.5 Å². The van der Waals surface area contributed by atoms with E-state index in [0.29, 0.717) is 24.8 Å². The van der Waals surface area contributed by atoms with Crippen molar-refractivity contribution in [3.8, 4) is 0 Å². The largest absolute Gasteiger partial charge is 0.461 e. The van der Waals surface area contributed by atoms with Crippen LogP contribution in [0.5, 0.6) is 0 Å². The quantitative estimate of drug-likeness (QED) is 0.837. The van der Waals surface area contributed by atoms with Crippen LogP contribution in [0.3, 0.4) is 0 Å². The average Bonchev–Trinajstić information content (AvgIpc) is 2.98. The lowest BCUT2D eigenvalue weighted by Gasteiger charge is -2.27. The van der Waals surface area contributed by atoms with Gasteiger partial charge in [0.15, 0.2) is 0 Å². The van der Waals surface area contributed by atoms with Crippen LogP contribution >= 0.6 is 12.4 Å². The van der Waals surface area contributed by atoms with Crippen molar-refractivity contribution in [3.63, 3.8) is 0 Å². The van der Waals surface area contributed by atoms with Crippen molar-refractivity contribution in [1.82, 2.24) is 10.6 Å². The maximum atomic E-state index is 12.1. The summed E-state index contributed by atoms with van der Waals surface area (Å²) in [5.74, 6) is 2.23. The Balaban J connectivity index is 0.00000208. The monoisotopic (exact) mass is 350 g/mol. The van der Waals surface area contributed by atoms with E-state index in [2.05, 4.69) is 23.6 Å². The molecule has 1 aromatic carbocycles. The summed E-state index contributed by atoms with van der Waals surface area (Å²) in [6.45, 7) is 5.01. The van der Waals surface area contributed by atoms with Crippen molar-refractivity contribution in [1.29, 1.82) is 0 Å². The predicted octanol–water partition coefficient (Wildman–Crippen LogP) is 3.54. The standard InChI is InChI=1S/C19H26N2O2.ClH/c1-14(15-6-9-20-10-7-15)12-19(22)21-11-8-17-13-16-4-2-3-5-18(16)23-17;/h2-5,13-15,20H,6-12H2,1H3,(H,21,22);1H. The van der Waals surface area contributed by atoms with Crippen molar-refractivity contribution in [2.75, 3.05) is 19.6 Å². The minimum absolute atomic E-state index is 0. The SMILES string of the molecule is CC(CC(=O)NCCc1cc2ccccc2o1)C1CCNCC1.Cl. The summed E-state index contributed by atoms with van der Waals surface area (Å²) < 4.78 is 5.77. The van der Waals surface area contributed by atoms with Gasteiger partial charge in [-0.1, -0.05) is 25.1 Å². The number of halogens is 1. The molecule has 2 aromatic rings. The van der Waals surface area contributed by atoms with Gasteiger partial charge in [0, 0.05) is 24.8 Å². The van der Waals surface area contributed by atoms with Crippen LogP contribution in [0.2, 0.25) is 0 Å². The van der Waals surface area contributed by atoms with E-state index in [0.717, 1.165) is 36.2 Å². The molecule has 4 nitrogen and oxygen atoms in total. The van der Waals surface area contributed by atoms with Crippen LogP contribution in [0.25, 0.3) is 11.0 Å². The number of hydrogen-bond donors (Lipinski definition) is 2. The Labute approximate surface area is 149 Å². The predicted molar refractivity (Wildman–Crippen MR) is 99.6 cm³/mol. The van der Waals surface area contributed by atoms with Crippen molar-refractivity contribution in [2.45, 2.75) is 32.6 Å². The third-order valence-corrected chi connectivity index (χ3v) is 4.87. The molecule has 2 heterocycles. The minimum Gasteiger partial charge on any atom is -0.461 e. The molecule has 0 radical (unpaired) electrons. The number of benzene rings is 1. The Hall–Kier alpha value is -1.52. The molecule has 0 spiro atoms. The lowest BCUT2D eigenvalue weighted by molar-refractivity contribution is -0.122. The number of carbonyl (C=O) groups is 1. The normalized spacial score (nSPS) is 16.5. The maximum absolute atomic E-state index is 12.1. The van der Waals surface area contributed by atoms with Crippen LogP contribution in [0.1, 0.15) is 31.9 Å². The Kier molecular flexibility index (Phi) is 7.13. The third-order valence-electron chi connectivity index (χ3n) is 4.87. The number of nitrogens with one attached hydrogen (secondary N) is 2. The van der Waals surface area contributed by atoms with Gasteiger partial charge in [0.2, 0.25) is 5.91 Å². The summed E-state index contributed by atoms with van der Waals surface area (Å²) in [6, 6.07) is 10.0. The molecule has 1 fully saturated rings. The van der Waals surface area contributed by atoms with E-state index in [-0.39, 0.29) is 18.3 Å². The zero-order valence-corrected chi connectivity index (χ0v) is 15.0. The molecule has 1 unspecified atom stereocenters. The van der Waals surface area contributed by atoms with Crippen molar-refractivity contribution >= 4 is 29.3 Å². The smallest absolute Gasteiger partial charge is 0.220 e. The highest BCUT2D eigenvalue weighted by Gasteiger charge is 2.21. The first-order valence-electron chi connectivity index (χ1n) is 8.67.